The topological polar surface area (TPSA) is 104 Å². The van der Waals surface area contributed by atoms with Gasteiger partial charge in [-0.2, -0.15) is 13.2 Å². The Kier molecular flexibility index (Phi) is 7.23. The van der Waals surface area contributed by atoms with Crippen LogP contribution in [-0.2, 0) is 12.7 Å². The molecule has 2 fully saturated rings. The van der Waals surface area contributed by atoms with Crippen molar-refractivity contribution in [3.63, 3.8) is 0 Å². The van der Waals surface area contributed by atoms with Gasteiger partial charge in [0.25, 0.3) is 0 Å². The minimum absolute atomic E-state index is 0.0353. The molecule has 0 bridgehead atoms. The lowest BCUT2D eigenvalue weighted by molar-refractivity contribution is -0.137. The summed E-state index contributed by atoms with van der Waals surface area (Å²) in [5, 5.41) is 5.47. The molecule has 1 saturated heterocycles. The molecule has 42 heavy (non-hydrogen) atoms. The Morgan fingerprint density at radius 3 is 2.50 bits per heavy atom. The highest BCUT2D eigenvalue weighted by atomic mass is 19.4. The van der Waals surface area contributed by atoms with Gasteiger partial charge in [-0.05, 0) is 61.3 Å². The van der Waals surface area contributed by atoms with Crippen molar-refractivity contribution in [3.8, 4) is 11.1 Å². The van der Waals surface area contributed by atoms with Crippen LogP contribution in [-0.4, -0.2) is 63.6 Å². The molecule has 4 aromatic rings. The zero-order chi connectivity index (χ0) is 29.6. The molecule has 2 aromatic carbocycles. The van der Waals surface area contributed by atoms with E-state index in [-0.39, 0.29) is 17.2 Å². The third kappa shape index (κ3) is 5.88. The first-order valence-electron chi connectivity index (χ1n) is 13.7. The van der Waals surface area contributed by atoms with E-state index in [1.165, 1.54) is 24.5 Å². The van der Waals surface area contributed by atoms with Crippen molar-refractivity contribution in [1.29, 1.82) is 0 Å². The van der Waals surface area contributed by atoms with E-state index in [9.17, 15) is 18.0 Å². The number of nitrogens with two attached hydrogens (primary N) is 1. The number of halogens is 4. The van der Waals surface area contributed by atoms with Gasteiger partial charge < -0.3 is 25.8 Å². The third-order valence-electron chi connectivity index (χ3n) is 7.69. The fourth-order valence-corrected chi connectivity index (χ4v) is 5.31. The molecular formula is C29H30F4N8O. The average Bonchev–Trinajstić information content (AvgIpc) is 3.70. The second kappa shape index (κ2) is 10.9. The summed E-state index contributed by atoms with van der Waals surface area (Å²) in [6, 6.07) is 7.22. The summed E-state index contributed by atoms with van der Waals surface area (Å²) >= 11 is 0. The maximum atomic E-state index is 15.2. The first-order valence-corrected chi connectivity index (χ1v) is 13.7. The summed E-state index contributed by atoms with van der Waals surface area (Å²) in [4.78, 5) is 25.4. The predicted octanol–water partition coefficient (Wildman–Crippen LogP) is 5.56. The van der Waals surface area contributed by atoms with Crippen LogP contribution in [0, 0.1) is 5.82 Å². The van der Waals surface area contributed by atoms with Gasteiger partial charge in [0, 0.05) is 56.2 Å². The number of hydrogen-bond acceptors (Lipinski definition) is 6. The molecule has 9 nitrogen and oxygen atoms in total. The lowest BCUT2D eigenvalue weighted by atomic mass is 10.1. The molecule has 0 spiro atoms. The molecule has 6 rings (SSSR count). The van der Waals surface area contributed by atoms with Crippen molar-refractivity contribution < 1.29 is 22.4 Å². The number of carbonyl (C=O) groups is 1. The number of aromatic nitrogens is 3. The number of nitrogen functional groups attached to an aromatic ring is 1. The number of urea groups is 1. The summed E-state index contributed by atoms with van der Waals surface area (Å²) in [6.07, 6.45) is 0.719. The van der Waals surface area contributed by atoms with E-state index in [4.69, 9.17) is 5.73 Å². The normalized spacial score (nSPS) is 16.6. The van der Waals surface area contributed by atoms with Crippen molar-refractivity contribution in [2.24, 2.45) is 0 Å². The molecule has 0 unspecified atom stereocenters. The van der Waals surface area contributed by atoms with Crippen LogP contribution in [0.5, 0.6) is 0 Å². The highest BCUT2D eigenvalue weighted by Crippen LogP contribution is 2.42. The summed E-state index contributed by atoms with van der Waals surface area (Å²) < 4.78 is 58.2. The molecule has 2 amide bonds. The highest BCUT2D eigenvalue weighted by molar-refractivity contribution is 6.02. The quantitative estimate of drug-likeness (QED) is 0.257. The Morgan fingerprint density at radius 2 is 1.81 bits per heavy atom. The van der Waals surface area contributed by atoms with Gasteiger partial charge in [-0.1, -0.05) is 6.07 Å². The van der Waals surface area contributed by atoms with Gasteiger partial charge in [0.1, 0.15) is 23.6 Å². The van der Waals surface area contributed by atoms with Crippen molar-refractivity contribution >= 4 is 34.3 Å². The molecule has 13 heteroatoms. The van der Waals surface area contributed by atoms with E-state index in [2.05, 4.69) is 30.4 Å². The lowest BCUT2D eigenvalue weighted by Gasteiger charge is -2.32. The van der Waals surface area contributed by atoms with E-state index in [1.807, 2.05) is 17.8 Å². The minimum Gasteiger partial charge on any atom is -0.383 e. The maximum absolute atomic E-state index is 15.2. The van der Waals surface area contributed by atoms with Gasteiger partial charge in [-0.15, -0.1) is 0 Å². The van der Waals surface area contributed by atoms with E-state index < -0.39 is 23.6 Å². The predicted molar refractivity (Wildman–Crippen MR) is 152 cm³/mol. The first-order chi connectivity index (χ1) is 20.0. The zero-order valence-electron chi connectivity index (χ0n) is 22.9. The largest absolute Gasteiger partial charge is 0.416 e. The second-order valence-electron chi connectivity index (χ2n) is 10.9. The molecule has 0 radical (unpaired) electrons. The van der Waals surface area contributed by atoms with Gasteiger partial charge in [-0.3, -0.25) is 4.90 Å². The van der Waals surface area contributed by atoms with Crippen LogP contribution in [0.2, 0.25) is 0 Å². The Balaban J connectivity index is 1.20. The Bertz CT molecular complexity index is 1640. The maximum Gasteiger partial charge on any atom is 0.416 e. The monoisotopic (exact) mass is 582 g/mol. The molecule has 2 aliphatic rings. The number of rotatable bonds is 6. The number of hydrogen-bond donors (Lipinski definition) is 3. The number of carbonyl (C=O) groups excluding carboxylic acids is 1. The number of anilines is 3. The van der Waals surface area contributed by atoms with Crippen LogP contribution in [0.25, 0.3) is 22.2 Å². The molecule has 1 saturated carbocycles. The number of fused-ring (bicyclic) bond motifs is 1. The average molecular weight is 583 g/mol. The van der Waals surface area contributed by atoms with Crippen molar-refractivity contribution in [3.05, 3.63) is 65.9 Å². The molecule has 2 aromatic heterocycles. The van der Waals surface area contributed by atoms with Gasteiger partial charge in [0.2, 0.25) is 0 Å². The molecule has 0 atom stereocenters. The van der Waals surface area contributed by atoms with Crippen LogP contribution < -0.4 is 16.4 Å². The fraction of sp³-hybridized carbons (Fsp3) is 0.345. The number of nitrogens with zero attached hydrogens (tertiary/aromatic N) is 5. The van der Waals surface area contributed by atoms with Gasteiger partial charge in [0.05, 0.1) is 16.6 Å². The highest BCUT2D eigenvalue weighted by Gasteiger charge is 2.32. The Morgan fingerprint density at radius 1 is 1.05 bits per heavy atom. The number of piperazine rings is 1. The van der Waals surface area contributed by atoms with E-state index in [0.29, 0.717) is 40.3 Å². The van der Waals surface area contributed by atoms with Crippen LogP contribution in [0.3, 0.4) is 0 Å². The van der Waals surface area contributed by atoms with Crippen molar-refractivity contribution in [2.45, 2.75) is 31.6 Å². The molecule has 1 aliphatic heterocycles. The van der Waals surface area contributed by atoms with E-state index in [1.54, 1.807) is 6.07 Å². The third-order valence-corrected chi connectivity index (χ3v) is 7.69. The van der Waals surface area contributed by atoms with Gasteiger partial charge >= 0.3 is 12.2 Å². The minimum atomic E-state index is -4.59. The summed E-state index contributed by atoms with van der Waals surface area (Å²) in [5.41, 5.74) is 7.40. The summed E-state index contributed by atoms with van der Waals surface area (Å²) in [6.45, 7) is 3.41. The lowest BCUT2D eigenvalue weighted by Crippen LogP contribution is -2.43. The molecule has 220 valence electrons. The van der Waals surface area contributed by atoms with Gasteiger partial charge in [-0.25, -0.2) is 19.2 Å². The van der Waals surface area contributed by atoms with E-state index in [0.717, 1.165) is 51.2 Å². The smallest absolute Gasteiger partial charge is 0.383 e. The Hall–Kier alpha value is -4.23. The molecule has 4 N–H and O–H groups in total. The summed E-state index contributed by atoms with van der Waals surface area (Å²) in [7, 11) is 2.00. The molecular weight excluding hydrogens is 552 g/mol. The van der Waals surface area contributed by atoms with Crippen LogP contribution in [0.15, 0.2) is 48.9 Å². The number of nitrogens with one attached hydrogen (secondary N) is 2. The fourth-order valence-electron chi connectivity index (χ4n) is 5.31. The zero-order valence-corrected chi connectivity index (χ0v) is 22.9. The van der Waals surface area contributed by atoms with Crippen LogP contribution in [0.4, 0.5) is 39.5 Å². The number of likely N-dealkylation sites (N-methyl/N-ethyl adjacent to an activating group) is 1. The first kappa shape index (κ1) is 27.9. The SMILES string of the molecule is CN1CCN(Cc2cc(NC(=O)Nc3ccc(-c4cn(C5CC5)c5ncnc(N)c45)cc3F)cc(C(F)(F)F)c2)CC1. The number of amides is 2. The molecule has 1 aliphatic carbocycles. The van der Waals surface area contributed by atoms with Crippen LogP contribution in [0.1, 0.15) is 30.0 Å². The Labute approximate surface area is 239 Å². The van der Waals surface area contributed by atoms with Crippen molar-refractivity contribution in [2.75, 3.05) is 49.6 Å². The standard InChI is InChI=1S/C29H30F4N8O/c1-39-6-8-40(9-7-39)14-17-10-19(29(31,32)33)13-20(11-17)37-28(42)38-24-5-2-18(12-23(24)30)22-15-41(21-3-4-21)27-25(22)26(34)35-16-36-27/h2,5,10-13,15-16,21H,3-4,6-9,14H2,1H3,(H2,34,35,36)(H2,37,38,42). The second-order valence-corrected chi connectivity index (χ2v) is 10.9. The number of alkyl halides is 3. The van der Waals surface area contributed by atoms with Crippen LogP contribution >= 0.6 is 0 Å². The van der Waals surface area contributed by atoms with Gasteiger partial charge in [0.15, 0.2) is 0 Å². The number of benzene rings is 2. The molecule has 3 heterocycles. The summed E-state index contributed by atoms with van der Waals surface area (Å²) in [5.74, 6) is -0.436. The van der Waals surface area contributed by atoms with Crippen molar-refractivity contribution in [1.82, 2.24) is 24.3 Å². The van der Waals surface area contributed by atoms with E-state index >= 15 is 4.39 Å².